The molecule has 1 aromatic carbocycles. The third-order valence-corrected chi connectivity index (χ3v) is 6.59. The highest BCUT2D eigenvalue weighted by molar-refractivity contribution is 5.94. The number of hydrogen-bond acceptors (Lipinski definition) is 5. The first-order valence-electron chi connectivity index (χ1n) is 12.6. The Kier molecular flexibility index (Phi) is 8.27. The molecule has 3 rings (SSSR count). The number of imidazole rings is 1. The highest BCUT2D eigenvalue weighted by Gasteiger charge is 2.35. The normalized spacial score (nSPS) is 20.4. The SMILES string of the molecule is CCc1nc(C(=O)NCC2(O)CCC(C)CC2)c(C#N)n1-c1ccc(CC(C)(C)C)cc1OC(F)(F)F. The molecule has 7 nitrogen and oxygen atoms in total. The van der Waals surface area contributed by atoms with E-state index in [1.807, 2.05) is 26.8 Å². The number of nitriles is 1. The maximum Gasteiger partial charge on any atom is 0.573 e. The van der Waals surface area contributed by atoms with Gasteiger partial charge in [0.05, 0.1) is 11.3 Å². The molecule has 2 N–H and O–H groups in total. The summed E-state index contributed by atoms with van der Waals surface area (Å²) in [6, 6.07) is 6.39. The van der Waals surface area contributed by atoms with E-state index in [9.17, 15) is 28.3 Å². The number of nitrogens with zero attached hydrogens (tertiary/aromatic N) is 3. The lowest BCUT2D eigenvalue weighted by atomic mass is 9.79. The van der Waals surface area contributed by atoms with Gasteiger partial charge >= 0.3 is 6.36 Å². The zero-order chi connectivity index (χ0) is 27.6. The summed E-state index contributed by atoms with van der Waals surface area (Å²) in [5.74, 6) is -0.399. The predicted molar refractivity (Wildman–Crippen MR) is 132 cm³/mol. The van der Waals surface area contributed by atoms with Crippen LogP contribution < -0.4 is 10.1 Å². The molecule has 1 fully saturated rings. The summed E-state index contributed by atoms with van der Waals surface area (Å²) in [4.78, 5) is 17.4. The van der Waals surface area contributed by atoms with E-state index in [2.05, 4.69) is 22.0 Å². The van der Waals surface area contributed by atoms with Crippen molar-refractivity contribution in [2.75, 3.05) is 6.54 Å². The average Bonchev–Trinajstić information content (AvgIpc) is 3.16. The number of carbonyl (C=O) groups excluding carboxylic acids is 1. The largest absolute Gasteiger partial charge is 0.573 e. The number of amides is 1. The molecule has 1 aliphatic carbocycles. The molecule has 1 amide bonds. The van der Waals surface area contributed by atoms with Gasteiger partial charge in [-0.1, -0.05) is 40.7 Å². The number of aliphatic hydroxyl groups is 1. The Bertz CT molecular complexity index is 1170. The van der Waals surface area contributed by atoms with Crippen LogP contribution in [0.5, 0.6) is 5.75 Å². The van der Waals surface area contributed by atoms with Crippen molar-refractivity contribution in [1.82, 2.24) is 14.9 Å². The molecule has 0 spiro atoms. The summed E-state index contributed by atoms with van der Waals surface area (Å²) >= 11 is 0. The number of benzene rings is 1. The third-order valence-electron chi connectivity index (χ3n) is 6.59. The molecule has 0 bridgehead atoms. The van der Waals surface area contributed by atoms with Crippen LogP contribution in [0.4, 0.5) is 13.2 Å². The monoisotopic (exact) mass is 520 g/mol. The van der Waals surface area contributed by atoms with Gasteiger partial charge in [-0.15, -0.1) is 13.2 Å². The predicted octanol–water partition coefficient (Wildman–Crippen LogP) is 5.46. The lowest BCUT2D eigenvalue weighted by Crippen LogP contribution is -2.45. The van der Waals surface area contributed by atoms with Crippen LogP contribution in [-0.2, 0) is 12.8 Å². The van der Waals surface area contributed by atoms with Gasteiger partial charge in [-0.05, 0) is 61.1 Å². The molecule has 0 unspecified atom stereocenters. The number of aryl methyl sites for hydroxylation is 1. The molecule has 0 saturated heterocycles. The number of ether oxygens (including phenoxy) is 1. The topological polar surface area (TPSA) is 100 Å². The van der Waals surface area contributed by atoms with E-state index < -0.39 is 23.6 Å². The number of nitrogens with one attached hydrogen (secondary N) is 1. The summed E-state index contributed by atoms with van der Waals surface area (Å²) in [7, 11) is 0. The van der Waals surface area contributed by atoms with E-state index in [0.29, 0.717) is 30.7 Å². The standard InChI is InChI=1S/C27H35F3N4O3/c1-6-22-33-23(24(35)32-16-26(36)11-9-17(2)10-12-26)20(15-31)34(22)19-8-7-18(14-25(3,4)5)13-21(19)37-27(28,29)30/h7-8,13,17,36H,6,9-12,14,16H2,1-5H3,(H,32,35). The number of aromatic nitrogens is 2. The van der Waals surface area contributed by atoms with E-state index in [1.54, 1.807) is 13.0 Å². The first-order chi connectivity index (χ1) is 17.1. The Morgan fingerprint density at radius 1 is 1.30 bits per heavy atom. The van der Waals surface area contributed by atoms with Crippen molar-refractivity contribution in [2.24, 2.45) is 11.3 Å². The average molecular weight is 521 g/mol. The molecule has 37 heavy (non-hydrogen) atoms. The second kappa shape index (κ2) is 10.7. The minimum atomic E-state index is -4.96. The molecule has 10 heteroatoms. The zero-order valence-electron chi connectivity index (χ0n) is 22.0. The first kappa shape index (κ1) is 28.5. The molecule has 1 saturated carbocycles. The summed E-state index contributed by atoms with van der Waals surface area (Å²) in [6.07, 6.45) is -1.41. The first-order valence-corrected chi connectivity index (χ1v) is 12.6. The number of carbonyl (C=O) groups is 1. The van der Waals surface area contributed by atoms with E-state index in [0.717, 1.165) is 12.8 Å². The fourth-order valence-corrected chi connectivity index (χ4v) is 4.70. The van der Waals surface area contributed by atoms with Crippen LogP contribution in [-0.4, -0.2) is 39.1 Å². The van der Waals surface area contributed by atoms with Crippen molar-refractivity contribution < 1.29 is 27.8 Å². The zero-order valence-corrected chi connectivity index (χ0v) is 22.0. The number of halogens is 3. The maximum atomic E-state index is 13.3. The van der Waals surface area contributed by atoms with Gasteiger partial charge in [-0.3, -0.25) is 9.36 Å². The fraction of sp³-hybridized carbons (Fsp3) is 0.593. The highest BCUT2D eigenvalue weighted by Crippen LogP contribution is 2.35. The molecule has 0 aliphatic heterocycles. The van der Waals surface area contributed by atoms with Crippen LogP contribution in [0.2, 0.25) is 0 Å². The van der Waals surface area contributed by atoms with Gasteiger partial charge < -0.3 is 15.2 Å². The van der Waals surface area contributed by atoms with Crippen molar-refractivity contribution in [2.45, 2.75) is 85.1 Å². The van der Waals surface area contributed by atoms with Crippen molar-refractivity contribution in [3.63, 3.8) is 0 Å². The van der Waals surface area contributed by atoms with Gasteiger partial charge in [0, 0.05) is 13.0 Å². The lowest BCUT2D eigenvalue weighted by Gasteiger charge is -2.34. The molecular formula is C27H35F3N4O3. The molecular weight excluding hydrogens is 485 g/mol. The molecule has 0 radical (unpaired) electrons. The van der Waals surface area contributed by atoms with Crippen molar-refractivity contribution in [1.29, 1.82) is 5.26 Å². The highest BCUT2D eigenvalue weighted by atomic mass is 19.4. The fourth-order valence-electron chi connectivity index (χ4n) is 4.70. The minimum absolute atomic E-state index is 0.00166. The van der Waals surface area contributed by atoms with Crippen molar-refractivity contribution in [3.8, 4) is 17.5 Å². The summed E-state index contributed by atoms with van der Waals surface area (Å²) < 4.78 is 45.6. The van der Waals surface area contributed by atoms with E-state index >= 15 is 0 Å². The van der Waals surface area contributed by atoms with Crippen LogP contribution in [0, 0.1) is 22.7 Å². The Morgan fingerprint density at radius 2 is 1.95 bits per heavy atom. The van der Waals surface area contributed by atoms with Gasteiger partial charge in [-0.25, -0.2) is 4.98 Å². The summed E-state index contributed by atoms with van der Waals surface area (Å²) in [5.41, 5.74) is -1.01. The molecule has 0 atom stereocenters. The van der Waals surface area contributed by atoms with Gasteiger partial charge in [0.2, 0.25) is 0 Å². The van der Waals surface area contributed by atoms with Gasteiger partial charge in [0.1, 0.15) is 11.9 Å². The molecule has 2 aromatic rings. The molecule has 202 valence electrons. The molecule has 1 aromatic heterocycles. The quantitative estimate of drug-likeness (QED) is 0.505. The Hall–Kier alpha value is -3.06. The second-order valence-electron chi connectivity index (χ2n) is 11.2. The van der Waals surface area contributed by atoms with Crippen LogP contribution in [0.3, 0.4) is 0 Å². The Morgan fingerprint density at radius 3 is 2.49 bits per heavy atom. The lowest BCUT2D eigenvalue weighted by molar-refractivity contribution is -0.274. The number of rotatable bonds is 7. The van der Waals surface area contributed by atoms with Gasteiger partial charge in [0.25, 0.3) is 5.91 Å². The van der Waals surface area contributed by atoms with E-state index in [4.69, 9.17) is 0 Å². The second-order valence-corrected chi connectivity index (χ2v) is 11.2. The van der Waals surface area contributed by atoms with Gasteiger partial charge in [0.15, 0.2) is 17.1 Å². The summed E-state index contributed by atoms with van der Waals surface area (Å²) in [5, 5.41) is 23.4. The van der Waals surface area contributed by atoms with E-state index in [-0.39, 0.29) is 41.3 Å². The van der Waals surface area contributed by atoms with Gasteiger partial charge in [-0.2, -0.15) is 5.26 Å². The van der Waals surface area contributed by atoms with Crippen molar-refractivity contribution >= 4 is 5.91 Å². The Balaban J connectivity index is 2.00. The number of alkyl halides is 3. The minimum Gasteiger partial charge on any atom is -0.404 e. The molecule has 1 heterocycles. The van der Waals surface area contributed by atoms with Crippen LogP contribution in [0.25, 0.3) is 5.69 Å². The maximum absolute atomic E-state index is 13.3. The molecule has 1 aliphatic rings. The third kappa shape index (κ3) is 7.25. The van der Waals surface area contributed by atoms with Crippen LogP contribution >= 0.6 is 0 Å². The number of hydrogen-bond donors (Lipinski definition) is 2. The summed E-state index contributed by atoms with van der Waals surface area (Å²) in [6.45, 7) is 9.76. The van der Waals surface area contributed by atoms with Crippen LogP contribution in [0.15, 0.2) is 18.2 Å². The Labute approximate surface area is 215 Å². The van der Waals surface area contributed by atoms with Crippen LogP contribution in [0.1, 0.15) is 87.9 Å². The smallest absolute Gasteiger partial charge is 0.404 e. The van der Waals surface area contributed by atoms with Crippen molar-refractivity contribution in [3.05, 3.63) is 41.0 Å². The van der Waals surface area contributed by atoms with E-state index in [1.165, 1.54) is 16.7 Å².